The van der Waals surface area contributed by atoms with Crippen LogP contribution in [-0.4, -0.2) is 65.5 Å². The number of H-pyrrole nitrogens is 1. The number of methoxy groups -OCH3 is 1. The zero-order chi connectivity index (χ0) is 21.1. The van der Waals surface area contributed by atoms with Crippen molar-refractivity contribution < 1.29 is 9.53 Å². The first-order valence-electron chi connectivity index (χ1n) is 9.72. The number of hydrogen-bond donors (Lipinski definition) is 2. The number of ether oxygens (including phenoxy) is 1. The summed E-state index contributed by atoms with van der Waals surface area (Å²) in [4.78, 5) is 24.8. The lowest BCUT2D eigenvalue weighted by Crippen LogP contribution is -2.48. The molecule has 0 bridgehead atoms. The van der Waals surface area contributed by atoms with E-state index in [2.05, 4.69) is 25.1 Å². The number of carbonyl (C=O) groups excluding carboxylic acids is 1. The molecule has 30 heavy (non-hydrogen) atoms. The van der Waals surface area contributed by atoms with Crippen LogP contribution in [0.1, 0.15) is 5.82 Å². The zero-order valence-corrected chi connectivity index (χ0v) is 18.1. The second-order valence-electron chi connectivity index (χ2n) is 7.30. The van der Waals surface area contributed by atoms with Crippen molar-refractivity contribution in [2.75, 3.05) is 45.2 Å². The summed E-state index contributed by atoms with van der Waals surface area (Å²) >= 11 is 11.9. The SMILES string of the molecule is COc1ccc2nc(CN3CCN(CC(=O)Nc4ccc(Cl)c(Cl)c4)CC3)[nH]c2c1. The molecular weight excluding hydrogens is 425 g/mol. The van der Waals surface area contributed by atoms with Crippen molar-refractivity contribution in [3.05, 3.63) is 52.3 Å². The number of aromatic amines is 1. The van der Waals surface area contributed by atoms with Crippen LogP contribution in [0, 0.1) is 0 Å². The Kier molecular flexibility index (Phi) is 6.43. The van der Waals surface area contributed by atoms with E-state index in [4.69, 9.17) is 27.9 Å². The van der Waals surface area contributed by atoms with Crippen molar-refractivity contribution in [2.45, 2.75) is 6.54 Å². The highest BCUT2D eigenvalue weighted by atomic mass is 35.5. The molecule has 4 rings (SSSR count). The van der Waals surface area contributed by atoms with Gasteiger partial charge in [-0.05, 0) is 30.3 Å². The Hall–Kier alpha value is -2.32. The molecule has 0 spiro atoms. The number of aromatic nitrogens is 2. The van der Waals surface area contributed by atoms with E-state index in [1.807, 2.05) is 18.2 Å². The number of nitrogens with zero attached hydrogens (tertiary/aromatic N) is 3. The lowest BCUT2D eigenvalue weighted by atomic mass is 10.3. The molecule has 3 aromatic rings. The van der Waals surface area contributed by atoms with Crippen LogP contribution in [0.2, 0.25) is 10.0 Å². The number of anilines is 1. The molecule has 0 radical (unpaired) electrons. The molecular formula is C21H23Cl2N5O2. The molecule has 158 valence electrons. The first-order valence-corrected chi connectivity index (χ1v) is 10.5. The lowest BCUT2D eigenvalue weighted by molar-refractivity contribution is -0.117. The fourth-order valence-corrected chi connectivity index (χ4v) is 3.84. The summed E-state index contributed by atoms with van der Waals surface area (Å²) in [7, 11) is 1.66. The maximum atomic E-state index is 12.3. The van der Waals surface area contributed by atoms with Gasteiger partial charge in [-0.2, -0.15) is 0 Å². The summed E-state index contributed by atoms with van der Waals surface area (Å²) in [6.07, 6.45) is 0. The molecule has 9 heteroatoms. The van der Waals surface area contributed by atoms with Crippen molar-refractivity contribution in [3.63, 3.8) is 0 Å². The molecule has 0 saturated carbocycles. The zero-order valence-electron chi connectivity index (χ0n) is 16.6. The Balaban J connectivity index is 1.26. The molecule has 1 fully saturated rings. The molecule has 1 amide bonds. The number of amides is 1. The summed E-state index contributed by atoms with van der Waals surface area (Å²) in [5.74, 6) is 1.68. The maximum Gasteiger partial charge on any atom is 0.238 e. The number of fused-ring (bicyclic) bond motifs is 1. The number of carbonyl (C=O) groups is 1. The Morgan fingerprint density at radius 3 is 2.60 bits per heavy atom. The van der Waals surface area contributed by atoms with Gasteiger partial charge < -0.3 is 15.0 Å². The number of halogens is 2. The van der Waals surface area contributed by atoms with Crippen LogP contribution in [0.5, 0.6) is 5.75 Å². The van der Waals surface area contributed by atoms with E-state index >= 15 is 0 Å². The highest BCUT2D eigenvalue weighted by molar-refractivity contribution is 6.42. The molecule has 2 heterocycles. The summed E-state index contributed by atoms with van der Waals surface area (Å²) in [6, 6.07) is 10.9. The molecule has 7 nitrogen and oxygen atoms in total. The molecule has 1 aliphatic rings. The van der Waals surface area contributed by atoms with E-state index in [0.717, 1.165) is 55.3 Å². The Labute approximate surface area is 184 Å². The van der Waals surface area contributed by atoms with Crippen LogP contribution in [0.15, 0.2) is 36.4 Å². The van der Waals surface area contributed by atoms with Gasteiger partial charge in [-0.1, -0.05) is 23.2 Å². The van der Waals surface area contributed by atoms with Gasteiger partial charge in [-0.25, -0.2) is 4.98 Å². The van der Waals surface area contributed by atoms with Crippen LogP contribution in [0.25, 0.3) is 11.0 Å². The minimum atomic E-state index is -0.0620. The number of hydrogen-bond acceptors (Lipinski definition) is 5. The van der Waals surface area contributed by atoms with Crippen LogP contribution < -0.4 is 10.1 Å². The highest BCUT2D eigenvalue weighted by Crippen LogP contribution is 2.25. The van der Waals surface area contributed by atoms with Gasteiger partial charge >= 0.3 is 0 Å². The van der Waals surface area contributed by atoms with Crippen LogP contribution in [0.4, 0.5) is 5.69 Å². The quantitative estimate of drug-likeness (QED) is 0.603. The average Bonchev–Trinajstić information content (AvgIpc) is 3.13. The molecule has 1 saturated heterocycles. The van der Waals surface area contributed by atoms with Gasteiger partial charge in [-0.3, -0.25) is 14.6 Å². The lowest BCUT2D eigenvalue weighted by Gasteiger charge is -2.33. The molecule has 1 aromatic heterocycles. The molecule has 0 aliphatic carbocycles. The van der Waals surface area contributed by atoms with Crippen molar-refractivity contribution in [1.82, 2.24) is 19.8 Å². The van der Waals surface area contributed by atoms with Gasteiger partial charge in [0.2, 0.25) is 5.91 Å². The van der Waals surface area contributed by atoms with E-state index in [1.165, 1.54) is 0 Å². The fourth-order valence-electron chi connectivity index (χ4n) is 3.54. The third kappa shape index (κ3) is 5.05. The summed E-state index contributed by atoms with van der Waals surface area (Å²) in [5, 5.41) is 3.76. The Morgan fingerprint density at radius 2 is 1.87 bits per heavy atom. The molecule has 2 N–H and O–H groups in total. The Bertz CT molecular complexity index is 1050. The van der Waals surface area contributed by atoms with Gasteiger partial charge in [0.05, 0.1) is 41.3 Å². The average molecular weight is 448 g/mol. The predicted octanol–water partition coefficient (Wildman–Crippen LogP) is 3.63. The van der Waals surface area contributed by atoms with Gasteiger partial charge in [0.1, 0.15) is 11.6 Å². The van der Waals surface area contributed by atoms with Crippen LogP contribution in [-0.2, 0) is 11.3 Å². The minimum absolute atomic E-state index is 0.0620. The summed E-state index contributed by atoms with van der Waals surface area (Å²) < 4.78 is 5.26. The second kappa shape index (κ2) is 9.22. The molecule has 0 unspecified atom stereocenters. The van der Waals surface area contributed by atoms with Gasteiger partial charge in [0.25, 0.3) is 0 Å². The Morgan fingerprint density at radius 1 is 1.10 bits per heavy atom. The number of rotatable bonds is 6. The predicted molar refractivity (Wildman–Crippen MR) is 119 cm³/mol. The van der Waals surface area contributed by atoms with E-state index < -0.39 is 0 Å². The summed E-state index contributed by atoms with van der Waals surface area (Å²) in [6.45, 7) is 4.49. The first-order chi connectivity index (χ1) is 14.5. The van der Waals surface area contributed by atoms with Gasteiger partial charge in [0.15, 0.2) is 0 Å². The fraction of sp³-hybridized carbons (Fsp3) is 0.333. The first kappa shape index (κ1) is 20.9. The van der Waals surface area contributed by atoms with E-state index in [1.54, 1.807) is 25.3 Å². The number of nitrogens with one attached hydrogen (secondary N) is 2. The highest BCUT2D eigenvalue weighted by Gasteiger charge is 2.20. The number of benzene rings is 2. The van der Waals surface area contributed by atoms with Gasteiger partial charge in [-0.15, -0.1) is 0 Å². The largest absolute Gasteiger partial charge is 0.497 e. The van der Waals surface area contributed by atoms with E-state index in [0.29, 0.717) is 22.3 Å². The van der Waals surface area contributed by atoms with E-state index in [-0.39, 0.29) is 5.91 Å². The van der Waals surface area contributed by atoms with Crippen molar-refractivity contribution in [2.24, 2.45) is 0 Å². The monoisotopic (exact) mass is 447 g/mol. The maximum absolute atomic E-state index is 12.3. The minimum Gasteiger partial charge on any atom is -0.497 e. The van der Waals surface area contributed by atoms with Gasteiger partial charge in [0, 0.05) is 37.9 Å². The van der Waals surface area contributed by atoms with Crippen LogP contribution in [0.3, 0.4) is 0 Å². The third-order valence-corrected chi connectivity index (χ3v) is 5.89. The summed E-state index contributed by atoms with van der Waals surface area (Å²) in [5.41, 5.74) is 2.56. The van der Waals surface area contributed by atoms with Crippen molar-refractivity contribution >= 4 is 45.8 Å². The van der Waals surface area contributed by atoms with Crippen molar-refractivity contribution in [3.8, 4) is 5.75 Å². The van der Waals surface area contributed by atoms with Crippen molar-refractivity contribution in [1.29, 1.82) is 0 Å². The number of imidazole rings is 1. The third-order valence-electron chi connectivity index (χ3n) is 5.15. The van der Waals surface area contributed by atoms with Crippen LogP contribution >= 0.6 is 23.2 Å². The normalized spacial score (nSPS) is 15.4. The molecule has 2 aromatic carbocycles. The second-order valence-corrected chi connectivity index (χ2v) is 8.11. The molecule has 1 aliphatic heterocycles. The number of piperazine rings is 1. The molecule has 0 atom stereocenters. The standard InChI is InChI=1S/C21H23Cl2N5O2/c1-30-15-3-5-18-19(11-15)26-20(25-18)12-27-6-8-28(9-7-27)13-21(29)24-14-2-4-16(22)17(23)10-14/h2-5,10-11H,6-9,12-13H2,1H3,(H,24,29)(H,25,26). The smallest absolute Gasteiger partial charge is 0.238 e. The van der Waals surface area contributed by atoms with E-state index in [9.17, 15) is 4.79 Å². The topological polar surface area (TPSA) is 73.5 Å².